The van der Waals surface area contributed by atoms with Crippen molar-refractivity contribution < 1.29 is 8.42 Å². The van der Waals surface area contributed by atoms with Crippen molar-refractivity contribution in [2.45, 2.75) is 39.7 Å². The maximum atomic E-state index is 11.6. The van der Waals surface area contributed by atoms with Crippen LogP contribution in [0.3, 0.4) is 0 Å². The van der Waals surface area contributed by atoms with Crippen molar-refractivity contribution >= 4 is 10.2 Å². The lowest BCUT2D eigenvalue weighted by molar-refractivity contribution is 0.393. The SMILES string of the molecule is CCCNS(=O)(=O)N(C)CCC(N)C(C)C. The molecule has 1 unspecified atom stereocenters. The first-order valence-corrected chi connectivity index (χ1v) is 7.21. The van der Waals surface area contributed by atoms with E-state index in [9.17, 15) is 8.42 Å². The van der Waals surface area contributed by atoms with Crippen LogP contribution in [0.1, 0.15) is 33.6 Å². The maximum Gasteiger partial charge on any atom is 0.279 e. The van der Waals surface area contributed by atoms with Gasteiger partial charge in [0.15, 0.2) is 0 Å². The average molecular weight is 251 g/mol. The van der Waals surface area contributed by atoms with Crippen LogP contribution in [-0.4, -0.2) is 38.9 Å². The number of nitrogens with one attached hydrogen (secondary N) is 1. The van der Waals surface area contributed by atoms with Crippen LogP contribution in [-0.2, 0) is 10.2 Å². The Kier molecular flexibility index (Phi) is 7.14. The van der Waals surface area contributed by atoms with Gasteiger partial charge < -0.3 is 5.73 Å². The minimum absolute atomic E-state index is 0.0452. The van der Waals surface area contributed by atoms with Gasteiger partial charge in [-0.2, -0.15) is 12.7 Å². The van der Waals surface area contributed by atoms with E-state index < -0.39 is 10.2 Å². The number of nitrogens with zero attached hydrogens (tertiary/aromatic N) is 1. The zero-order valence-corrected chi connectivity index (χ0v) is 11.5. The van der Waals surface area contributed by atoms with Gasteiger partial charge in [-0.25, -0.2) is 4.72 Å². The van der Waals surface area contributed by atoms with Gasteiger partial charge in [-0.1, -0.05) is 20.8 Å². The molecule has 0 bridgehead atoms. The first-order chi connectivity index (χ1) is 7.31. The molecule has 0 spiro atoms. The number of hydrogen-bond donors (Lipinski definition) is 2. The Hall–Kier alpha value is -0.170. The van der Waals surface area contributed by atoms with Crippen LogP contribution < -0.4 is 10.5 Å². The highest BCUT2D eigenvalue weighted by atomic mass is 32.2. The number of rotatable bonds is 8. The highest BCUT2D eigenvalue weighted by Gasteiger charge is 2.17. The molecule has 0 saturated heterocycles. The van der Waals surface area contributed by atoms with E-state index in [2.05, 4.69) is 4.72 Å². The van der Waals surface area contributed by atoms with Crippen molar-refractivity contribution in [2.75, 3.05) is 20.1 Å². The Morgan fingerprint density at radius 2 is 1.94 bits per heavy atom. The number of nitrogens with two attached hydrogens (primary N) is 1. The van der Waals surface area contributed by atoms with Gasteiger partial charge in [0.2, 0.25) is 0 Å². The second-order valence-electron chi connectivity index (χ2n) is 4.42. The second-order valence-corrected chi connectivity index (χ2v) is 6.28. The summed E-state index contributed by atoms with van der Waals surface area (Å²) in [6, 6.07) is 0.0452. The zero-order chi connectivity index (χ0) is 12.8. The van der Waals surface area contributed by atoms with Gasteiger partial charge in [-0.05, 0) is 18.8 Å². The largest absolute Gasteiger partial charge is 0.327 e. The fraction of sp³-hybridized carbons (Fsp3) is 1.00. The van der Waals surface area contributed by atoms with E-state index in [1.807, 2.05) is 20.8 Å². The molecule has 0 aromatic rings. The Bertz CT molecular complexity index is 278. The van der Waals surface area contributed by atoms with Crippen LogP contribution in [0.4, 0.5) is 0 Å². The van der Waals surface area contributed by atoms with Gasteiger partial charge in [0.1, 0.15) is 0 Å². The Morgan fingerprint density at radius 1 is 1.38 bits per heavy atom. The molecule has 0 fully saturated rings. The fourth-order valence-corrected chi connectivity index (χ4v) is 2.15. The average Bonchev–Trinajstić information content (AvgIpc) is 2.22. The van der Waals surface area contributed by atoms with E-state index in [1.165, 1.54) is 4.31 Å². The molecule has 1 atom stereocenters. The molecular weight excluding hydrogens is 226 g/mol. The Morgan fingerprint density at radius 3 is 2.38 bits per heavy atom. The molecule has 98 valence electrons. The smallest absolute Gasteiger partial charge is 0.279 e. The van der Waals surface area contributed by atoms with Crippen molar-refractivity contribution in [3.63, 3.8) is 0 Å². The lowest BCUT2D eigenvalue weighted by Crippen LogP contribution is -2.41. The molecule has 5 nitrogen and oxygen atoms in total. The fourth-order valence-electron chi connectivity index (χ4n) is 1.13. The van der Waals surface area contributed by atoms with Gasteiger partial charge >= 0.3 is 0 Å². The topological polar surface area (TPSA) is 75.4 Å². The van der Waals surface area contributed by atoms with E-state index >= 15 is 0 Å². The molecule has 3 N–H and O–H groups in total. The minimum Gasteiger partial charge on any atom is -0.327 e. The summed E-state index contributed by atoms with van der Waals surface area (Å²) in [5.74, 6) is 0.375. The molecule has 0 saturated carbocycles. The van der Waals surface area contributed by atoms with Crippen LogP contribution >= 0.6 is 0 Å². The monoisotopic (exact) mass is 251 g/mol. The zero-order valence-electron chi connectivity index (χ0n) is 10.7. The van der Waals surface area contributed by atoms with Crippen molar-refractivity contribution in [1.82, 2.24) is 9.03 Å². The predicted molar refractivity (Wildman–Crippen MR) is 67.3 cm³/mol. The van der Waals surface area contributed by atoms with E-state index in [-0.39, 0.29) is 6.04 Å². The molecular formula is C10H25N3O2S. The van der Waals surface area contributed by atoms with Crippen LogP contribution in [0.2, 0.25) is 0 Å². The highest BCUT2D eigenvalue weighted by molar-refractivity contribution is 7.87. The van der Waals surface area contributed by atoms with Gasteiger partial charge in [-0.3, -0.25) is 0 Å². The van der Waals surface area contributed by atoms with Crippen molar-refractivity contribution in [2.24, 2.45) is 11.7 Å². The summed E-state index contributed by atoms with van der Waals surface area (Å²) in [4.78, 5) is 0. The Balaban J connectivity index is 4.10. The minimum atomic E-state index is -3.32. The molecule has 0 aliphatic carbocycles. The van der Waals surface area contributed by atoms with Crippen molar-refractivity contribution in [1.29, 1.82) is 0 Å². The lowest BCUT2D eigenvalue weighted by Gasteiger charge is -2.21. The van der Waals surface area contributed by atoms with Gasteiger partial charge in [0.25, 0.3) is 10.2 Å². The summed E-state index contributed by atoms with van der Waals surface area (Å²) in [5, 5.41) is 0. The third-order valence-electron chi connectivity index (χ3n) is 2.58. The van der Waals surface area contributed by atoms with E-state index in [4.69, 9.17) is 5.73 Å². The van der Waals surface area contributed by atoms with E-state index in [1.54, 1.807) is 7.05 Å². The molecule has 0 amide bonds. The van der Waals surface area contributed by atoms with Crippen LogP contribution in [0, 0.1) is 5.92 Å². The molecule has 0 heterocycles. The quantitative estimate of drug-likeness (QED) is 0.661. The summed E-state index contributed by atoms with van der Waals surface area (Å²) in [6.07, 6.45) is 1.47. The normalized spacial score (nSPS) is 14.7. The van der Waals surface area contributed by atoms with E-state index in [0.717, 1.165) is 6.42 Å². The predicted octanol–water partition coefficient (Wildman–Crippen LogP) is 0.536. The number of hydrogen-bond acceptors (Lipinski definition) is 3. The standard InChI is InChI=1S/C10H25N3O2S/c1-5-7-12-16(14,15)13(4)8-6-10(11)9(2)3/h9-10,12H,5-8,11H2,1-4H3. The summed E-state index contributed by atoms with van der Waals surface area (Å²) in [6.45, 7) is 6.93. The highest BCUT2D eigenvalue weighted by Crippen LogP contribution is 2.05. The summed E-state index contributed by atoms with van der Waals surface area (Å²) in [5.41, 5.74) is 5.87. The van der Waals surface area contributed by atoms with Gasteiger partial charge in [0.05, 0.1) is 0 Å². The molecule has 0 rings (SSSR count). The Labute approximate surface area is 99.6 Å². The second kappa shape index (κ2) is 7.21. The van der Waals surface area contributed by atoms with Gasteiger partial charge in [-0.15, -0.1) is 0 Å². The summed E-state index contributed by atoms with van der Waals surface area (Å²) in [7, 11) is -1.74. The summed E-state index contributed by atoms with van der Waals surface area (Å²) >= 11 is 0. The molecule has 0 aliphatic rings. The van der Waals surface area contributed by atoms with Crippen LogP contribution in [0.15, 0.2) is 0 Å². The van der Waals surface area contributed by atoms with Crippen molar-refractivity contribution in [3.8, 4) is 0 Å². The molecule has 16 heavy (non-hydrogen) atoms. The van der Waals surface area contributed by atoms with Crippen LogP contribution in [0.5, 0.6) is 0 Å². The third-order valence-corrected chi connectivity index (χ3v) is 4.15. The molecule has 0 radical (unpaired) electrons. The summed E-state index contributed by atoms with van der Waals surface area (Å²) < 4.78 is 27.1. The van der Waals surface area contributed by atoms with Crippen LogP contribution in [0.25, 0.3) is 0 Å². The first kappa shape index (κ1) is 15.8. The van der Waals surface area contributed by atoms with Gasteiger partial charge in [0, 0.05) is 26.2 Å². The molecule has 0 aliphatic heterocycles. The maximum absolute atomic E-state index is 11.6. The van der Waals surface area contributed by atoms with E-state index in [0.29, 0.717) is 25.4 Å². The third kappa shape index (κ3) is 5.79. The first-order valence-electron chi connectivity index (χ1n) is 5.77. The lowest BCUT2D eigenvalue weighted by atomic mass is 10.0. The van der Waals surface area contributed by atoms with Crippen molar-refractivity contribution in [3.05, 3.63) is 0 Å². The molecule has 6 heteroatoms. The molecule has 0 aromatic heterocycles. The molecule has 0 aromatic carbocycles.